The molecule has 1 N–H and O–H groups in total. The lowest BCUT2D eigenvalue weighted by atomic mass is 10.2. The molecule has 0 heterocycles. The lowest BCUT2D eigenvalue weighted by Gasteiger charge is -2.25. The van der Waals surface area contributed by atoms with E-state index in [0.717, 1.165) is 17.1 Å². The number of carboxylic acids is 1. The summed E-state index contributed by atoms with van der Waals surface area (Å²) in [5.41, 5.74) is 0. The summed E-state index contributed by atoms with van der Waals surface area (Å²) in [5, 5.41) is 9.15. The summed E-state index contributed by atoms with van der Waals surface area (Å²) < 4.78 is 30.8. The molecule has 134 valence electrons. The third-order valence-corrected chi connectivity index (χ3v) is 5.92. The summed E-state index contributed by atoms with van der Waals surface area (Å²) in [6, 6.07) is 6.02. The lowest BCUT2D eigenvalue weighted by Crippen LogP contribution is -2.42. The van der Waals surface area contributed by atoms with Crippen molar-refractivity contribution in [3.05, 3.63) is 24.3 Å². The van der Waals surface area contributed by atoms with Crippen molar-refractivity contribution < 1.29 is 23.1 Å². The summed E-state index contributed by atoms with van der Waals surface area (Å²) in [7, 11) is -0.483. The van der Waals surface area contributed by atoms with Crippen LogP contribution in [-0.2, 0) is 14.8 Å². The highest BCUT2D eigenvalue weighted by Crippen LogP contribution is 2.28. The summed E-state index contributed by atoms with van der Waals surface area (Å²) in [4.78, 5) is 13.3. The molecule has 0 aromatic heterocycles. The van der Waals surface area contributed by atoms with Crippen molar-refractivity contribution in [2.24, 2.45) is 0 Å². The van der Waals surface area contributed by atoms with Crippen LogP contribution in [0.25, 0.3) is 0 Å². The molecule has 7 nitrogen and oxygen atoms in total. The molecule has 0 aliphatic heterocycles. The van der Waals surface area contributed by atoms with Gasteiger partial charge in [0.1, 0.15) is 18.4 Å². The van der Waals surface area contributed by atoms with Crippen molar-refractivity contribution in [1.82, 2.24) is 9.21 Å². The number of carbonyl (C=O) groups is 1. The van der Waals surface area contributed by atoms with Crippen LogP contribution in [0.1, 0.15) is 19.8 Å². The van der Waals surface area contributed by atoms with Gasteiger partial charge < -0.3 is 9.84 Å². The highest BCUT2D eigenvalue weighted by Gasteiger charge is 2.34. The van der Waals surface area contributed by atoms with Crippen LogP contribution in [0.4, 0.5) is 0 Å². The standard InChI is InChI=1S/C16H24N2O5S/c1-12(16(19)20)18(13-4-5-13)10-11-23-14-6-8-15(9-7-14)24(21,22)17(2)3/h6-9,12-13H,4-5,10-11H2,1-3H3,(H,19,20). The number of ether oxygens (including phenoxy) is 1. The van der Waals surface area contributed by atoms with E-state index in [1.807, 2.05) is 4.90 Å². The minimum absolute atomic E-state index is 0.207. The second-order valence-electron chi connectivity index (χ2n) is 6.09. The fourth-order valence-corrected chi connectivity index (χ4v) is 3.33. The average Bonchev–Trinajstić information content (AvgIpc) is 3.36. The van der Waals surface area contributed by atoms with Crippen LogP contribution in [0, 0.1) is 0 Å². The lowest BCUT2D eigenvalue weighted by molar-refractivity contribution is -0.143. The van der Waals surface area contributed by atoms with E-state index in [0.29, 0.717) is 24.9 Å². The van der Waals surface area contributed by atoms with E-state index in [1.165, 1.54) is 26.2 Å². The van der Waals surface area contributed by atoms with Gasteiger partial charge in [0.2, 0.25) is 10.0 Å². The third kappa shape index (κ3) is 4.46. The smallest absolute Gasteiger partial charge is 0.320 e. The molecular weight excluding hydrogens is 332 g/mol. The number of hydrogen-bond donors (Lipinski definition) is 1. The number of rotatable bonds is 9. The van der Waals surface area contributed by atoms with Crippen LogP contribution < -0.4 is 4.74 Å². The Balaban J connectivity index is 1.91. The van der Waals surface area contributed by atoms with Crippen LogP contribution in [0.5, 0.6) is 5.75 Å². The highest BCUT2D eigenvalue weighted by molar-refractivity contribution is 7.89. The van der Waals surface area contributed by atoms with Crippen molar-refractivity contribution in [3.8, 4) is 5.75 Å². The molecule has 1 saturated carbocycles. The maximum atomic E-state index is 12.0. The van der Waals surface area contributed by atoms with Gasteiger partial charge in [-0.15, -0.1) is 0 Å². The molecule has 1 aromatic carbocycles. The van der Waals surface area contributed by atoms with Gasteiger partial charge in [0.25, 0.3) is 0 Å². The van der Waals surface area contributed by atoms with E-state index in [1.54, 1.807) is 19.1 Å². The van der Waals surface area contributed by atoms with E-state index in [2.05, 4.69) is 0 Å². The van der Waals surface area contributed by atoms with Gasteiger partial charge in [-0.25, -0.2) is 12.7 Å². The number of nitrogens with zero attached hydrogens (tertiary/aromatic N) is 2. The zero-order valence-electron chi connectivity index (χ0n) is 14.2. The first-order chi connectivity index (χ1) is 11.2. The molecule has 1 unspecified atom stereocenters. The second kappa shape index (κ2) is 7.50. The Labute approximate surface area is 142 Å². The molecular formula is C16H24N2O5S. The Morgan fingerprint density at radius 2 is 1.88 bits per heavy atom. The average molecular weight is 356 g/mol. The number of carboxylic acid groups (broad SMARTS) is 1. The van der Waals surface area contributed by atoms with Crippen molar-refractivity contribution in [2.45, 2.75) is 36.7 Å². The van der Waals surface area contributed by atoms with Gasteiger partial charge in [0.15, 0.2) is 0 Å². The Morgan fingerprint density at radius 3 is 2.33 bits per heavy atom. The number of benzene rings is 1. The summed E-state index contributed by atoms with van der Waals surface area (Å²) in [5.74, 6) is -0.272. The molecule has 0 radical (unpaired) electrons. The Bertz CT molecular complexity index is 668. The van der Waals surface area contributed by atoms with Crippen LogP contribution in [0.3, 0.4) is 0 Å². The molecule has 1 aromatic rings. The molecule has 1 fully saturated rings. The maximum absolute atomic E-state index is 12.0. The van der Waals surface area contributed by atoms with Crippen molar-refractivity contribution >= 4 is 16.0 Å². The normalized spacial score (nSPS) is 16.4. The van der Waals surface area contributed by atoms with Crippen molar-refractivity contribution in [2.75, 3.05) is 27.2 Å². The quantitative estimate of drug-likeness (QED) is 0.717. The minimum atomic E-state index is -3.45. The SMILES string of the molecule is CC(C(=O)O)N(CCOc1ccc(S(=O)(=O)N(C)C)cc1)C1CC1. The minimum Gasteiger partial charge on any atom is -0.492 e. The molecule has 24 heavy (non-hydrogen) atoms. The Hall–Kier alpha value is -1.64. The first-order valence-corrected chi connectivity index (χ1v) is 9.31. The Kier molecular flexibility index (Phi) is 5.84. The van der Waals surface area contributed by atoms with Crippen LogP contribution in [0.2, 0.25) is 0 Å². The number of aliphatic carboxylic acids is 1. The molecule has 1 aliphatic rings. The van der Waals surface area contributed by atoms with Gasteiger partial charge in [-0.1, -0.05) is 0 Å². The van der Waals surface area contributed by atoms with E-state index < -0.39 is 22.0 Å². The molecule has 1 atom stereocenters. The zero-order chi connectivity index (χ0) is 17.9. The van der Waals surface area contributed by atoms with E-state index in [4.69, 9.17) is 9.84 Å². The van der Waals surface area contributed by atoms with Crippen LogP contribution in [0.15, 0.2) is 29.2 Å². The first kappa shape index (κ1) is 18.7. The fraction of sp³-hybridized carbons (Fsp3) is 0.562. The van der Waals surface area contributed by atoms with E-state index in [9.17, 15) is 13.2 Å². The predicted molar refractivity (Wildman–Crippen MR) is 89.6 cm³/mol. The van der Waals surface area contributed by atoms with Crippen molar-refractivity contribution in [3.63, 3.8) is 0 Å². The molecule has 0 bridgehead atoms. The summed E-state index contributed by atoms with van der Waals surface area (Å²) in [6.07, 6.45) is 2.05. The summed E-state index contributed by atoms with van der Waals surface area (Å²) >= 11 is 0. The van der Waals surface area contributed by atoms with Gasteiger partial charge in [-0.3, -0.25) is 9.69 Å². The maximum Gasteiger partial charge on any atom is 0.320 e. The molecule has 2 rings (SSSR count). The molecule has 1 aliphatic carbocycles. The van der Waals surface area contributed by atoms with Gasteiger partial charge >= 0.3 is 5.97 Å². The van der Waals surface area contributed by atoms with E-state index in [-0.39, 0.29) is 4.90 Å². The third-order valence-electron chi connectivity index (χ3n) is 4.09. The zero-order valence-corrected chi connectivity index (χ0v) is 15.0. The molecule has 0 saturated heterocycles. The fourth-order valence-electron chi connectivity index (χ4n) is 2.43. The molecule has 0 amide bonds. The second-order valence-corrected chi connectivity index (χ2v) is 8.24. The van der Waals surface area contributed by atoms with E-state index >= 15 is 0 Å². The number of hydrogen-bond acceptors (Lipinski definition) is 5. The monoisotopic (exact) mass is 356 g/mol. The largest absolute Gasteiger partial charge is 0.492 e. The Morgan fingerprint density at radius 1 is 1.29 bits per heavy atom. The van der Waals surface area contributed by atoms with Crippen LogP contribution in [-0.4, -0.2) is 68.0 Å². The summed E-state index contributed by atoms with van der Waals surface area (Å²) in [6.45, 7) is 2.56. The number of sulfonamides is 1. The topological polar surface area (TPSA) is 87.1 Å². The predicted octanol–water partition coefficient (Wildman–Crippen LogP) is 1.25. The van der Waals surface area contributed by atoms with Crippen LogP contribution >= 0.6 is 0 Å². The van der Waals surface area contributed by atoms with Gasteiger partial charge in [-0.05, 0) is 44.0 Å². The highest BCUT2D eigenvalue weighted by atomic mass is 32.2. The molecule has 8 heteroatoms. The van der Waals surface area contributed by atoms with Crippen molar-refractivity contribution in [1.29, 1.82) is 0 Å². The van der Waals surface area contributed by atoms with Gasteiger partial charge in [0.05, 0.1) is 4.90 Å². The van der Waals surface area contributed by atoms with Gasteiger partial charge in [-0.2, -0.15) is 0 Å². The first-order valence-electron chi connectivity index (χ1n) is 7.87. The van der Waals surface area contributed by atoms with Gasteiger partial charge in [0, 0.05) is 26.7 Å². The molecule has 0 spiro atoms.